The van der Waals surface area contributed by atoms with Crippen LogP contribution in [0.25, 0.3) is 0 Å². The molecule has 1 rings (SSSR count). The van der Waals surface area contributed by atoms with Crippen LogP contribution in [0.1, 0.15) is 42.6 Å². The molecule has 3 nitrogen and oxygen atoms in total. The Bertz CT molecular complexity index is 392. The second-order valence-corrected chi connectivity index (χ2v) is 4.38. The second kappa shape index (κ2) is 6.18. The maximum Gasteiger partial charge on any atom is 0.303 e. The molecule has 3 heteroatoms. The summed E-state index contributed by atoms with van der Waals surface area (Å²) in [7, 11) is 0. The van der Waals surface area contributed by atoms with E-state index in [0.717, 1.165) is 6.42 Å². The van der Waals surface area contributed by atoms with Crippen molar-refractivity contribution in [2.75, 3.05) is 0 Å². The third-order valence-electron chi connectivity index (χ3n) is 2.74. The number of carboxylic acid groups (broad SMARTS) is 1. The molecule has 0 saturated carbocycles. The predicted octanol–water partition coefficient (Wildman–Crippen LogP) is 2.93. The topological polar surface area (TPSA) is 54.4 Å². The van der Waals surface area contributed by atoms with Crippen LogP contribution in [0.2, 0.25) is 0 Å². The van der Waals surface area contributed by atoms with E-state index in [0.29, 0.717) is 5.56 Å². The Labute approximate surface area is 101 Å². The number of hydrogen-bond donors (Lipinski definition) is 1. The average Bonchev–Trinajstić information content (AvgIpc) is 2.28. The Morgan fingerprint density at radius 2 is 1.76 bits per heavy atom. The highest BCUT2D eigenvalue weighted by atomic mass is 16.4. The molecule has 0 aliphatic carbocycles. The van der Waals surface area contributed by atoms with E-state index in [2.05, 4.69) is 6.92 Å². The van der Waals surface area contributed by atoms with Gasteiger partial charge in [0.2, 0.25) is 0 Å². The summed E-state index contributed by atoms with van der Waals surface area (Å²) < 4.78 is 0. The molecule has 92 valence electrons. The van der Waals surface area contributed by atoms with Gasteiger partial charge in [0.1, 0.15) is 0 Å². The number of carbonyl (C=O) groups excluding carboxylic acids is 1. The van der Waals surface area contributed by atoms with Gasteiger partial charge in [-0.05, 0) is 17.9 Å². The molecule has 0 amide bonds. The Kier molecular flexibility index (Phi) is 4.88. The summed E-state index contributed by atoms with van der Waals surface area (Å²) in [5, 5.41) is 8.62. The quantitative estimate of drug-likeness (QED) is 0.770. The van der Waals surface area contributed by atoms with Gasteiger partial charge in [-0.15, -0.1) is 0 Å². The summed E-state index contributed by atoms with van der Waals surface area (Å²) in [6, 6.07) is 7.51. The van der Waals surface area contributed by atoms with E-state index >= 15 is 0 Å². The van der Waals surface area contributed by atoms with Crippen molar-refractivity contribution in [3.63, 3.8) is 0 Å². The molecule has 0 aromatic heterocycles. The lowest BCUT2D eigenvalue weighted by Gasteiger charge is -2.07. The molecular weight excluding hydrogens is 216 g/mol. The first kappa shape index (κ1) is 13.4. The summed E-state index contributed by atoms with van der Waals surface area (Å²) in [5.41, 5.74) is 1.86. The first-order chi connectivity index (χ1) is 8.02. The molecule has 0 aliphatic rings. The SMILES string of the molecule is CCc1ccc(C(=O)C[C@H](C)CC(=O)O)cc1. The van der Waals surface area contributed by atoms with Crippen molar-refractivity contribution in [1.82, 2.24) is 0 Å². The normalized spacial score (nSPS) is 12.1. The van der Waals surface area contributed by atoms with Crippen molar-refractivity contribution in [3.05, 3.63) is 35.4 Å². The summed E-state index contributed by atoms with van der Waals surface area (Å²) in [5.74, 6) is -0.959. The van der Waals surface area contributed by atoms with Gasteiger partial charge in [0.25, 0.3) is 0 Å². The van der Waals surface area contributed by atoms with Gasteiger partial charge >= 0.3 is 5.97 Å². The molecule has 1 aromatic rings. The minimum Gasteiger partial charge on any atom is -0.481 e. The summed E-state index contributed by atoms with van der Waals surface area (Å²) in [6.45, 7) is 3.85. The van der Waals surface area contributed by atoms with E-state index < -0.39 is 5.97 Å². The van der Waals surface area contributed by atoms with E-state index in [1.54, 1.807) is 6.92 Å². The third-order valence-corrected chi connectivity index (χ3v) is 2.74. The molecule has 0 bridgehead atoms. The first-order valence-electron chi connectivity index (χ1n) is 5.86. The Hall–Kier alpha value is -1.64. The Morgan fingerprint density at radius 3 is 2.24 bits per heavy atom. The fourth-order valence-corrected chi connectivity index (χ4v) is 1.73. The highest BCUT2D eigenvalue weighted by Crippen LogP contribution is 2.14. The molecule has 0 saturated heterocycles. The van der Waals surface area contributed by atoms with Crippen LogP contribution in [0.15, 0.2) is 24.3 Å². The number of aliphatic carboxylic acids is 1. The monoisotopic (exact) mass is 234 g/mol. The lowest BCUT2D eigenvalue weighted by atomic mass is 9.96. The zero-order valence-corrected chi connectivity index (χ0v) is 10.3. The molecular formula is C14H18O3. The van der Waals surface area contributed by atoms with Gasteiger partial charge in [0, 0.05) is 18.4 Å². The van der Waals surface area contributed by atoms with Crippen LogP contribution in [0, 0.1) is 5.92 Å². The molecule has 1 atom stereocenters. The molecule has 0 spiro atoms. The Balaban J connectivity index is 2.60. The van der Waals surface area contributed by atoms with Crippen molar-refractivity contribution in [3.8, 4) is 0 Å². The maximum atomic E-state index is 11.8. The largest absolute Gasteiger partial charge is 0.481 e. The van der Waals surface area contributed by atoms with E-state index in [-0.39, 0.29) is 24.5 Å². The predicted molar refractivity (Wildman–Crippen MR) is 66.2 cm³/mol. The van der Waals surface area contributed by atoms with Crippen molar-refractivity contribution < 1.29 is 14.7 Å². The van der Waals surface area contributed by atoms with Crippen LogP contribution in [-0.2, 0) is 11.2 Å². The van der Waals surface area contributed by atoms with E-state index in [4.69, 9.17) is 5.11 Å². The average molecular weight is 234 g/mol. The van der Waals surface area contributed by atoms with Gasteiger partial charge in [0.05, 0.1) is 0 Å². The van der Waals surface area contributed by atoms with Crippen LogP contribution in [-0.4, -0.2) is 16.9 Å². The van der Waals surface area contributed by atoms with Gasteiger partial charge in [-0.1, -0.05) is 38.1 Å². The highest BCUT2D eigenvalue weighted by molar-refractivity contribution is 5.96. The zero-order valence-electron chi connectivity index (χ0n) is 10.3. The molecule has 0 radical (unpaired) electrons. The van der Waals surface area contributed by atoms with Gasteiger partial charge in [0.15, 0.2) is 5.78 Å². The standard InChI is InChI=1S/C14H18O3/c1-3-11-4-6-12(7-5-11)13(15)8-10(2)9-14(16)17/h4-7,10H,3,8-9H2,1-2H3,(H,16,17)/t10-/m0/s1. The lowest BCUT2D eigenvalue weighted by Crippen LogP contribution is -2.10. The fraction of sp³-hybridized carbons (Fsp3) is 0.429. The van der Waals surface area contributed by atoms with Crippen LogP contribution in [0.5, 0.6) is 0 Å². The van der Waals surface area contributed by atoms with Gasteiger partial charge in [-0.3, -0.25) is 9.59 Å². The first-order valence-corrected chi connectivity index (χ1v) is 5.86. The van der Waals surface area contributed by atoms with Gasteiger partial charge in [-0.25, -0.2) is 0 Å². The number of benzene rings is 1. The van der Waals surface area contributed by atoms with Gasteiger partial charge in [-0.2, -0.15) is 0 Å². The number of hydrogen-bond acceptors (Lipinski definition) is 2. The molecule has 0 aliphatic heterocycles. The van der Waals surface area contributed by atoms with E-state index in [1.807, 2.05) is 24.3 Å². The number of rotatable bonds is 6. The van der Waals surface area contributed by atoms with Crippen LogP contribution in [0.4, 0.5) is 0 Å². The third kappa shape index (κ3) is 4.39. The number of carboxylic acids is 1. The number of Topliss-reactive ketones (excluding diaryl/α,β-unsaturated/α-hetero) is 1. The second-order valence-electron chi connectivity index (χ2n) is 4.38. The minimum atomic E-state index is -0.855. The number of ketones is 1. The van der Waals surface area contributed by atoms with Gasteiger partial charge < -0.3 is 5.11 Å². The molecule has 1 N–H and O–H groups in total. The molecule has 0 heterocycles. The lowest BCUT2D eigenvalue weighted by molar-refractivity contribution is -0.137. The van der Waals surface area contributed by atoms with E-state index in [9.17, 15) is 9.59 Å². The van der Waals surface area contributed by atoms with Crippen LogP contribution < -0.4 is 0 Å². The molecule has 0 fully saturated rings. The molecule has 1 aromatic carbocycles. The van der Waals surface area contributed by atoms with Crippen molar-refractivity contribution in [2.24, 2.45) is 5.92 Å². The van der Waals surface area contributed by atoms with Crippen molar-refractivity contribution >= 4 is 11.8 Å². The molecule has 0 unspecified atom stereocenters. The number of aryl methyl sites for hydroxylation is 1. The van der Waals surface area contributed by atoms with Crippen molar-refractivity contribution in [2.45, 2.75) is 33.1 Å². The number of carbonyl (C=O) groups is 2. The smallest absolute Gasteiger partial charge is 0.303 e. The zero-order chi connectivity index (χ0) is 12.8. The summed E-state index contributed by atoms with van der Waals surface area (Å²) in [6.07, 6.45) is 1.28. The molecule has 17 heavy (non-hydrogen) atoms. The van der Waals surface area contributed by atoms with Crippen LogP contribution in [0.3, 0.4) is 0 Å². The fourth-order valence-electron chi connectivity index (χ4n) is 1.73. The summed E-state index contributed by atoms with van der Waals surface area (Å²) in [4.78, 5) is 22.3. The maximum absolute atomic E-state index is 11.8. The highest BCUT2D eigenvalue weighted by Gasteiger charge is 2.13. The summed E-state index contributed by atoms with van der Waals surface area (Å²) >= 11 is 0. The minimum absolute atomic E-state index is 0.0152. The Morgan fingerprint density at radius 1 is 1.18 bits per heavy atom. The van der Waals surface area contributed by atoms with Crippen LogP contribution >= 0.6 is 0 Å². The van der Waals surface area contributed by atoms with E-state index in [1.165, 1.54) is 5.56 Å². The van der Waals surface area contributed by atoms with Crippen molar-refractivity contribution in [1.29, 1.82) is 0 Å².